The number of nitrogens with zero attached hydrogens (tertiary/aromatic N) is 8. The van der Waals surface area contributed by atoms with E-state index in [1.807, 2.05) is 0 Å². The minimum absolute atomic E-state index is 0.00600. The Morgan fingerprint density at radius 2 is 1.66 bits per heavy atom. The minimum Gasteiger partial charge on any atom is -0.477 e. The van der Waals surface area contributed by atoms with Crippen molar-refractivity contribution in [1.29, 1.82) is 0 Å². The molecule has 0 aliphatic carbocycles. The van der Waals surface area contributed by atoms with E-state index in [2.05, 4.69) is 31.1 Å². The number of likely N-dealkylation sites (N-methyl/N-ethyl adjacent to an activating group) is 1. The van der Waals surface area contributed by atoms with Crippen molar-refractivity contribution in [3.8, 4) is 5.69 Å². The number of halogens is 1. The number of fused-ring (bicyclic) bond motifs is 1. The number of H-pyrrole nitrogens is 1. The number of piperazine rings is 1. The molecule has 6 amide bonds. The molecule has 3 aromatic carbocycles. The van der Waals surface area contributed by atoms with Crippen LogP contribution in [0.25, 0.3) is 16.6 Å². The van der Waals surface area contributed by atoms with Crippen LogP contribution in [0.15, 0.2) is 73.1 Å². The Balaban J connectivity index is 1.08. The normalized spacial score (nSPS) is 15.3. The number of tetrazole rings is 1. The highest BCUT2D eigenvalue weighted by Gasteiger charge is 2.41. The number of likely N-dealkylation sites (tertiary alicyclic amines) is 1. The number of piperidine rings is 1. The molecule has 2 saturated heterocycles. The van der Waals surface area contributed by atoms with Gasteiger partial charge in [-0.25, -0.2) is 9.59 Å². The summed E-state index contributed by atoms with van der Waals surface area (Å²) in [7, 11) is 1.65. The Labute approximate surface area is 341 Å². The third-order valence-electron chi connectivity index (χ3n) is 10.5. The molecule has 0 radical (unpaired) electrons. The summed E-state index contributed by atoms with van der Waals surface area (Å²) < 4.78 is 1.34. The Morgan fingerprint density at radius 1 is 0.915 bits per heavy atom. The van der Waals surface area contributed by atoms with Crippen LogP contribution in [0, 0.1) is 5.92 Å². The van der Waals surface area contributed by atoms with Crippen molar-refractivity contribution < 1.29 is 39.0 Å². The number of urea groups is 1. The number of rotatable bonds is 12. The molecule has 5 aromatic rings. The summed E-state index contributed by atoms with van der Waals surface area (Å²) in [6, 6.07) is 16.3. The summed E-state index contributed by atoms with van der Waals surface area (Å²) in [5, 5.41) is 36.4. The molecule has 7 rings (SSSR count). The van der Waals surface area contributed by atoms with E-state index in [4.69, 9.17) is 16.7 Å². The van der Waals surface area contributed by atoms with E-state index < -0.39 is 29.7 Å². The van der Waals surface area contributed by atoms with Crippen molar-refractivity contribution in [1.82, 2.24) is 39.9 Å². The molecular weight excluding hydrogens is 786 g/mol. The summed E-state index contributed by atoms with van der Waals surface area (Å²) in [4.78, 5) is 87.8. The smallest absolute Gasteiger partial charge is 0.352 e. The van der Waals surface area contributed by atoms with Gasteiger partial charge in [-0.2, -0.15) is 4.68 Å². The molecule has 2 fully saturated rings. The molecule has 5 N–H and O–H groups in total. The number of aromatic nitrogens is 5. The number of nitrogens with one attached hydrogen (secondary N) is 3. The fraction of sp³-hybridized carbons (Fsp3) is 0.308. The number of aliphatic hydroxyl groups excluding tert-OH is 1. The van der Waals surface area contributed by atoms with Crippen molar-refractivity contribution in [2.75, 3.05) is 61.9 Å². The zero-order valence-corrected chi connectivity index (χ0v) is 32.5. The van der Waals surface area contributed by atoms with E-state index in [-0.39, 0.29) is 56.2 Å². The lowest BCUT2D eigenvalue weighted by atomic mass is 9.95. The van der Waals surface area contributed by atoms with E-state index in [0.29, 0.717) is 70.2 Å². The molecule has 0 unspecified atom stereocenters. The molecule has 4 heterocycles. The Kier molecular flexibility index (Phi) is 11.8. The Morgan fingerprint density at radius 3 is 2.36 bits per heavy atom. The molecular formula is C39H40ClN11O8. The van der Waals surface area contributed by atoms with Crippen LogP contribution < -0.4 is 15.5 Å². The summed E-state index contributed by atoms with van der Waals surface area (Å²) >= 11 is 6.31. The third-order valence-corrected chi connectivity index (χ3v) is 10.7. The molecule has 0 spiro atoms. The van der Waals surface area contributed by atoms with Crippen molar-refractivity contribution in [2.45, 2.75) is 25.3 Å². The lowest BCUT2D eigenvalue weighted by Crippen LogP contribution is -2.60. The van der Waals surface area contributed by atoms with Crippen molar-refractivity contribution in [3.63, 3.8) is 0 Å². The van der Waals surface area contributed by atoms with Crippen LogP contribution in [0.3, 0.4) is 0 Å². The highest BCUT2D eigenvalue weighted by molar-refractivity contribution is 6.41. The molecule has 0 saturated carbocycles. The number of benzene rings is 3. The van der Waals surface area contributed by atoms with Crippen molar-refractivity contribution >= 4 is 75.2 Å². The van der Waals surface area contributed by atoms with Crippen LogP contribution in [0.2, 0.25) is 5.02 Å². The largest absolute Gasteiger partial charge is 0.477 e. The van der Waals surface area contributed by atoms with Gasteiger partial charge in [0.25, 0.3) is 0 Å². The van der Waals surface area contributed by atoms with Crippen LogP contribution in [-0.4, -0.2) is 138 Å². The first kappa shape index (κ1) is 40.3. The van der Waals surface area contributed by atoms with Crippen LogP contribution in [0.5, 0.6) is 0 Å². The zero-order chi connectivity index (χ0) is 41.8. The van der Waals surface area contributed by atoms with Gasteiger partial charge in [0.1, 0.15) is 18.1 Å². The summed E-state index contributed by atoms with van der Waals surface area (Å²) in [6.07, 6.45) is 2.34. The first-order chi connectivity index (χ1) is 28.4. The van der Waals surface area contributed by atoms with Gasteiger partial charge in [0, 0.05) is 79.4 Å². The SMILES string of the molecule is CN(CCO)C(=O)C1CCN(C(=O)Nc2ccc(C[C@@H](C(=O)Nc3ccc4[nH]c(C(=O)O)cc4c3)N3CCN(c4cc(Cl)ccc4-n4cnnn4)C(=O)C3=O)cc2)CC1. The second-order valence-corrected chi connectivity index (χ2v) is 14.7. The van der Waals surface area contributed by atoms with Gasteiger partial charge in [0.05, 0.1) is 18.0 Å². The Hall–Kier alpha value is -6.86. The minimum atomic E-state index is -1.18. The quantitative estimate of drug-likeness (QED) is 0.115. The molecule has 306 valence electrons. The highest BCUT2D eigenvalue weighted by Crippen LogP contribution is 2.30. The van der Waals surface area contributed by atoms with Crippen LogP contribution in [-0.2, 0) is 25.6 Å². The number of carboxylic acid groups (broad SMARTS) is 1. The number of aromatic amines is 1. The zero-order valence-electron chi connectivity index (χ0n) is 31.7. The molecule has 20 heteroatoms. The Bertz CT molecular complexity index is 2400. The number of anilines is 3. The average molecular weight is 826 g/mol. The standard InChI is InChI=1S/C39H40ClN11O8/c1-47(16-17-52)35(54)24-10-12-48(13-11-24)39(59)43-27-5-2-23(3-6-27)18-33(34(53)42-28-7-8-29-25(19-28)20-30(44-29)38(57)58)50-15-14-49(36(55)37(50)56)32-21-26(40)4-9-31(32)51-22-41-45-46-51/h2-9,19-22,24,33,44,52H,10-18H2,1H3,(H,42,53)(H,43,59)(H,57,58)/t33-/m0/s1. The molecule has 2 aromatic heterocycles. The summed E-state index contributed by atoms with van der Waals surface area (Å²) in [5.41, 5.74) is 2.68. The van der Waals surface area contributed by atoms with Gasteiger partial charge in [0.2, 0.25) is 11.8 Å². The van der Waals surface area contributed by atoms with Gasteiger partial charge in [-0.1, -0.05) is 23.7 Å². The van der Waals surface area contributed by atoms with E-state index in [1.54, 1.807) is 66.5 Å². The molecule has 2 aliphatic heterocycles. The first-order valence-electron chi connectivity index (χ1n) is 18.7. The predicted octanol–water partition coefficient (Wildman–Crippen LogP) is 2.62. The number of aromatic carboxylic acids is 1. The van der Waals surface area contributed by atoms with Crippen molar-refractivity contribution in [3.05, 3.63) is 89.3 Å². The second-order valence-electron chi connectivity index (χ2n) is 14.2. The fourth-order valence-electron chi connectivity index (χ4n) is 7.30. The third kappa shape index (κ3) is 8.85. The first-order valence-corrected chi connectivity index (χ1v) is 19.1. The molecule has 19 nitrogen and oxygen atoms in total. The maximum Gasteiger partial charge on any atom is 0.352 e. The van der Waals surface area contributed by atoms with E-state index in [9.17, 15) is 33.9 Å². The summed E-state index contributed by atoms with van der Waals surface area (Å²) in [5.74, 6) is -3.84. The van der Waals surface area contributed by atoms with Gasteiger partial charge >= 0.3 is 23.8 Å². The van der Waals surface area contributed by atoms with Gasteiger partial charge in [-0.15, -0.1) is 5.10 Å². The van der Waals surface area contributed by atoms with Crippen LogP contribution in [0.1, 0.15) is 28.9 Å². The molecule has 59 heavy (non-hydrogen) atoms. The topological polar surface area (TPSA) is 239 Å². The maximum atomic E-state index is 14.2. The maximum absolute atomic E-state index is 14.2. The number of amides is 6. The monoisotopic (exact) mass is 825 g/mol. The number of hydrogen-bond donors (Lipinski definition) is 5. The number of hydrogen-bond acceptors (Lipinski definition) is 10. The molecule has 2 aliphatic rings. The van der Waals surface area contributed by atoms with Crippen LogP contribution >= 0.6 is 11.6 Å². The van der Waals surface area contributed by atoms with Gasteiger partial charge < -0.3 is 45.4 Å². The number of carbonyl (C=O) groups is 6. The lowest BCUT2D eigenvalue weighted by molar-refractivity contribution is -0.149. The number of carbonyl (C=O) groups excluding carboxylic acids is 5. The second kappa shape index (κ2) is 17.3. The van der Waals surface area contributed by atoms with E-state index >= 15 is 0 Å². The molecule has 1 atom stereocenters. The molecule has 0 bridgehead atoms. The predicted molar refractivity (Wildman–Crippen MR) is 214 cm³/mol. The van der Waals surface area contributed by atoms with Gasteiger partial charge in [-0.05, 0) is 83.4 Å². The lowest BCUT2D eigenvalue weighted by Gasteiger charge is -2.38. The average Bonchev–Trinajstić information content (AvgIpc) is 3.93. The van der Waals surface area contributed by atoms with Gasteiger partial charge in [-0.3, -0.25) is 19.2 Å². The number of carboxylic acids is 1. The van der Waals surface area contributed by atoms with Gasteiger partial charge in [0.15, 0.2) is 0 Å². The van der Waals surface area contributed by atoms with Crippen molar-refractivity contribution in [2.24, 2.45) is 5.92 Å². The van der Waals surface area contributed by atoms with Crippen LogP contribution in [0.4, 0.5) is 21.9 Å². The number of aliphatic hydroxyl groups is 1. The van der Waals surface area contributed by atoms with E-state index in [0.717, 1.165) is 0 Å². The highest BCUT2D eigenvalue weighted by atomic mass is 35.5. The summed E-state index contributed by atoms with van der Waals surface area (Å²) in [6.45, 7) is 0.882. The van der Waals surface area contributed by atoms with E-state index in [1.165, 1.54) is 37.8 Å². The fourth-order valence-corrected chi connectivity index (χ4v) is 7.47.